The Morgan fingerprint density at radius 1 is 1.18 bits per heavy atom. The van der Waals surface area contributed by atoms with Crippen molar-refractivity contribution >= 4 is 35.5 Å². The van der Waals surface area contributed by atoms with Gasteiger partial charge >= 0.3 is 5.97 Å². The molecule has 2 heterocycles. The molecule has 1 unspecified atom stereocenters. The normalized spacial score (nSPS) is 11.6. The van der Waals surface area contributed by atoms with E-state index in [9.17, 15) is 9.90 Å². The average Bonchev–Trinajstić information content (AvgIpc) is 2.83. The van der Waals surface area contributed by atoms with Gasteiger partial charge in [-0.25, -0.2) is 14.8 Å². The van der Waals surface area contributed by atoms with Gasteiger partial charge in [0.1, 0.15) is 17.2 Å². The van der Waals surface area contributed by atoms with Crippen LogP contribution in [-0.2, 0) is 4.74 Å². The summed E-state index contributed by atoms with van der Waals surface area (Å²) in [6.07, 6.45) is 4.17. The number of nitrogens with one attached hydrogen (secondary N) is 4. The van der Waals surface area contributed by atoms with Gasteiger partial charge in [0.05, 0.1) is 19.3 Å². The van der Waals surface area contributed by atoms with Crippen molar-refractivity contribution in [2.24, 2.45) is 0 Å². The van der Waals surface area contributed by atoms with E-state index in [1.54, 1.807) is 19.2 Å². The van der Waals surface area contributed by atoms with Crippen molar-refractivity contribution < 1.29 is 14.6 Å². The standard InChI is InChI=1S/C24H29N7O3/c1-4-34-23(33)18-13-27-24(30-21-10-19(28-15(2)3)17(11-25)12-26-21)31-22(18)29-20(14-32)16-8-6-5-7-9-16/h5-13,15,20,25,32H,4,14H2,1-3H3,(H3,26,27,28,29,30,31). The number of ether oxygens (including phenoxy) is 1. The summed E-state index contributed by atoms with van der Waals surface area (Å²) in [5.41, 5.74) is 2.37. The lowest BCUT2D eigenvalue weighted by Crippen LogP contribution is -2.19. The lowest BCUT2D eigenvalue weighted by Gasteiger charge is -2.19. The smallest absolute Gasteiger partial charge is 0.343 e. The molecule has 0 fully saturated rings. The second-order valence-electron chi connectivity index (χ2n) is 7.69. The molecule has 0 saturated carbocycles. The van der Waals surface area contributed by atoms with Crippen LogP contribution in [0.2, 0.25) is 0 Å². The van der Waals surface area contributed by atoms with E-state index in [1.807, 2.05) is 44.2 Å². The molecule has 0 saturated heterocycles. The molecule has 3 rings (SSSR count). The Kier molecular flexibility index (Phi) is 8.47. The topological polar surface area (TPSA) is 145 Å². The molecule has 10 nitrogen and oxygen atoms in total. The molecule has 0 radical (unpaired) electrons. The molecule has 0 aliphatic carbocycles. The summed E-state index contributed by atoms with van der Waals surface area (Å²) in [6, 6.07) is 10.8. The third kappa shape index (κ3) is 6.26. The maximum atomic E-state index is 12.5. The number of rotatable bonds is 11. The number of aliphatic hydroxyl groups excluding tert-OH is 1. The number of aromatic nitrogens is 3. The van der Waals surface area contributed by atoms with Crippen LogP contribution >= 0.6 is 0 Å². The Hall–Kier alpha value is -4.05. The molecule has 0 aliphatic heterocycles. The van der Waals surface area contributed by atoms with Gasteiger partial charge in [-0.15, -0.1) is 0 Å². The number of carbonyl (C=O) groups excluding carboxylic acids is 1. The third-order valence-corrected chi connectivity index (χ3v) is 4.75. The predicted molar refractivity (Wildman–Crippen MR) is 132 cm³/mol. The highest BCUT2D eigenvalue weighted by Crippen LogP contribution is 2.24. The second-order valence-corrected chi connectivity index (χ2v) is 7.69. The minimum absolute atomic E-state index is 0.149. The highest BCUT2D eigenvalue weighted by Gasteiger charge is 2.20. The van der Waals surface area contributed by atoms with Crippen molar-refractivity contribution in [1.82, 2.24) is 15.0 Å². The number of pyridine rings is 1. The van der Waals surface area contributed by atoms with Crippen molar-refractivity contribution in [3.05, 3.63) is 65.5 Å². The van der Waals surface area contributed by atoms with Gasteiger partial charge in [-0.05, 0) is 26.3 Å². The van der Waals surface area contributed by atoms with Gasteiger partial charge in [-0.3, -0.25) is 0 Å². The highest BCUT2D eigenvalue weighted by atomic mass is 16.5. The molecule has 0 spiro atoms. The molecule has 1 aromatic carbocycles. The van der Waals surface area contributed by atoms with Crippen LogP contribution in [0, 0.1) is 5.41 Å². The van der Waals surface area contributed by atoms with Crippen LogP contribution in [0.5, 0.6) is 0 Å². The molecule has 10 heteroatoms. The van der Waals surface area contributed by atoms with E-state index >= 15 is 0 Å². The maximum absolute atomic E-state index is 12.5. The molecular weight excluding hydrogens is 434 g/mol. The van der Waals surface area contributed by atoms with Gasteiger partial charge in [0, 0.05) is 42.0 Å². The van der Waals surface area contributed by atoms with Crippen LogP contribution < -0.4 is 16.0 Å². The lowest BCUT2D eigenvalue weighted by molar-refractivity contribution is 0.0526. The number of hydrogen-bond acceptors (Lipinski definition) is 10. The van der Waals surface area contributed by atoms with E-state index in [2.05, 4.69) is 30.9 Å². The van der Waals surface area contributed by atoms with Crippen molar-refractivity contribution in [2.45, 2.75) is 32.9 Å². The first kappa shape index (κ1) is 24.6. The number of aliphatic hydroxyl groups is 1. The zero-order chi connectivity index (χ0) is 24.5. The monoisotopic (exact) mass is 463 g/mol. The van der Waals surface area contributed by atoms with E-state index < -0.39 is 12.0 Å². The molecule has 5 N–H and O–H groups in total. The predicted octanol–water partition coefficient (Wildman–Crippen LogP) is 3.76. The van der Waals surface area contributed by atoms with Crippen molar-refractivity contribution in [3.8, 4) is 0 Å². The summed E-state index contributed by atoms with van der Waals surface area (Å²) in [7, 11) is 0. The number of esters is 1. The van der Waals surface area contributed by atoms with Gasteiger partial charge in [-0.1, -0.05) is 30.3 Å². The van der Waals surface area contributed by atoms with E-state index in [0.717, 1.165) is 11.3 Å². The van der Waals surface area contributed by atoms with Crippen LogP contribution in [0.1, 0.15) is 48.3 Å². The Morgan fingerprint density at radius 2 is 1.94 bits per heavy atom. The van der Waals surface area contributed by atoms with Crippen LogP contribution in [0.25, 0.3) is 0 Å². The quantitative estimate of drug-likeness (QED) is 0.212. The molecule has 0 amide bonds. The Balaban J connectivity index is 1.93. The summed E-state index contributed by atoms with van der Waals surface area (Å²) in [5, 5.41) is 27.0. The Labute approximate surface area is 198 Å². The fourth-order valence-electron chi connectivity index (χ4n) is 3.19. The average molecular weight is 464 g/mol. The largest absolute Gasteiger partial charge is 0.462 e. The Morgan fingerprint density at radius 3 is 2.59 bits per heavy atom. The van der Waals surface area contributed by atoms with E-state index in [1.165, 1.54) is 12.4 Å². The molecule has 0 aliphatic rings. The first-order valence-electron chi connectivity index (χ1n) is 11.0. The molecule has 1 atom stereocenters. The summed E-state index contributed by atoms with van der Waals surface area (Å²) in [6.45, 7) is 5.71. The van der Waals surface area contributed by atoms with Crippen molar-refractivity contribution in [2.75, 3.05) is 29.2 Å². The fourth-order valence-corrected chi connectivity index (χ4v) is 3.19. The first-order valence-corrected chi connectivity index (χ1v) is 11.0. The van der Waals surface area contributed by atoms with Crippen LogP contribution in [-0.4, -0.2) is 51.5 Å². The first-order chi connectivity index (χ1) is 16.4. The van der Waals surface area contributed by atoms with Crippen LogP contribution in [0.4, 0.5) is 23.3 Å². The van der Waals surface area contributed by atoms with Crippen LogP contribution in [0.15, 0.2) is 48.8 Å². The molecular formula is C24H29N7O3. The third-order valence-electron chi connectivity index (χ3n) is 4.75. The van der Waals surface area contributed by atoms with Gasteiger partial charge in [-0.2, -0.15) is 4.98 Å². The second kappa shape index (κ2) is 11.7. The van der Waals surface area contributed by atoms with Gasteiger partial charge in [0.2, 0.25) is 5.95 Å². The lowest BCUT2D eigenvalue weighted by atomic mass is 10.1. The maximum Gasteiger partial charge on any atom is 0.343 e. The van der Waals surface area contributed by atoms with Crippen molar-refractivity contribution in [3.63, 3.8) is 0 Å². The summed E-state index contributed by atoms with van der Waals surface area (Å²) in [5.74, 6) is 0.310. The zero-order valence-electron chi connectivity index (χ0n) is 19.4. The van der Waals surface area contributed by atoms with Gasteiger partial charge in [0.15, 0.2) is 0 Å². The fraction of sp³-hybridized carbons (Fsp3) is 0.292. The van der Waals surface area contributed by atoms with Gasteiger partial charge in [0.25, 0.3) is 0 Å². The summed E-state index contributed by atoms with van der Waals surface area (Å²) in [4.78, 5) is 25.5. The number of hydrogen-bond donors (Lipinski definition) is 5. The van der Waals surface area contributed by atoms with E-state index in [4.69, 9.17) is 10.1 Å². The Bertz CT molecular complexity index is 1120. The summed E-state index contributed by atoms with van der Waals surface area (Å²) >= 11 is 0. The molecule has 178 valence electrons. The molecule has 34 heavy (non-hydrogen) atoms. The molecule has 3 aromatic rings. The summed E-state index contributed by atoms with van der Waals surface area (Å²) < 4.78 is 5.14. The number of anilines is 4. The van der Waals surface area contributed by atoms with Crippen molar-refractivity contribution in [1.29, 1.82) is 5.41 Å². The number of nitrogens with zero attached hydrogens (tertiary/aromatic N) is 3. The number of benzene rings is 1. The van der Waals surface area contributed by atoms with Crippen LogP contribution in [0.3, 0.4) is 0 Å². The minimum Gasteiger partial charge on any atom is -0.462 e. The SMILES string of the molecule is CCOC(=O)c1cnc(Nc2cc(NC(C)C)c(C=N)cn2)nc1NC(CO)c1ccccc1. The van der Waals surface area contributed by atoms with E-state index in [-0.39, 0.29) is 36.6 Å². The molecule has 0 bridgehead atoms. The van der Waals surface area contributed by atoms with E-state index in [0.29, 0.717) is 11.4 Å². The highest BCUT2D eigenvalue weighted by molar-refractivity contribution is 5.94. The van der Waals surface area contributed by atoms with Gasteiger partial charge < -0.3 is 31.2 Å². The zero-order valence-corrected chi connectivity index (χ0v) is 19.4. The minimum atomic E-state index is -0.571. The number of carbonyl (C=O) groups is 1. The molecule has 2 aromatic heterocycles.